The van der Waals surface area contributed by atoms with Crippen LogP contribution < -0.4 is 16.7 Å². The van der Waals surface area contributed by atoms with E-state index in [-0.39, 0.29) is 17.4 Å². The minimum Gasteiger partial charge on any atom is -0.508 e. The van der Waals surface area contributed by atoms with Gasteiger partial charge in [-0.05, 0) is 42.0 Å². The van der Waals surface area contributed by atoms with E-state index in [1.165, 1.54) is 0 Å². The van der Waals surface area contributed by atoms with Crippen LogP contribution in [-0.2, 0) is 0 Å². The number of halogens is 1. The largest absolute Gasteiger partial charge is 0.508 e. The summed E-state index contributed by atoms with van der Waals surface area (Å²) in [6.45, 7) is 0. The molecule has 1 aliphatic rings. The van der Waals surface area contributed by atoms with Crippen LogP contribution >= 0.6 is 11.6 Å². The van der Waals surface area contributed by atoms with E-state index >= 15 is 0 Å². The normalized spacial score (nSPS) is 15.9. The second kappa shape index (κ2) is 6.90. The summed E-state index contributed by atoms with van der Waals surface area (Å²) in [5.41, 5.74) is 2.72. The van der Waals surface area contributed by atoms with E-state index in [2.05, 4.69) is 15.5 Å². The quantitative estimate of drug-likeness (QED) is 0.538. The van der Waals surface area contributed by atoms with Crippen molar-refractivity contribution in [2.75, 3.05) is 0 Å². The molecule has 8 nitrogen and oxygen atoms in total. The van der Waals surface area contributed by atoms with Gasteiger partial charge in [-0.15, -0.1) is 0 Å². The highest BCUT2D eigenvalue weighted by Crippen LogP contribution is 2.28. The predicted molar refractivity (Wildman–Crippen MR) is 104 cm³/mol. The number of rotatable bonds is 3. The smallest absolute Gasteiger partial charge is 0.335 e. The maximum absolute atomic E-state index is 12.4. The topological polar surface area (TPSA) is 120 Å². The third kappa shape index (κ3) is 3.14. The van der Waals surface area contributed by atoms with Crippen molar-refractivity contribution in [3.63, 3.8) is 0 Å². The number of phenols is 1. The molecule has 0 saturated heterocycles. The average molecular weight is 399 g/mol. The fourth-order valence-corrected chi connectivity index (χ4v) is 3.27. The first-order valence-electron chi connectivity index (χ1n) is 8.39. The molecule has 4 N–H and O–H groups in total. The van der Waals surface area contributed by atoms with E-state index in [9.17, 15) is 19.8 Å². The minimum absolute atomic E-state index is 0.0929. The molecular formula is C19H15ClN4O4. The van der Waals surface area contributed by atoms with Gasteiger partial charge in [0.25, 0.3) is 5.56 Å². The molecule has 1 unspecified atom stereocenters. The van der Waals surface area contributed by atoms with Gasteiger partial charge in [-0.3, -0.25) is 9.78 Å². The third-order valence-electron chi connectivity index (χ3n) is 4.48. The molecule has 2 aromatic carbocycles. The standard InChI is InChI=1S/C19H15ClN4O4/c20-11-4-6-12(7-5-11)24-18(27)16(17(26)21-19(24)28)15-9-14(22-23-15)10-2-1-3-13(25)8-10/h1-8,14,22,25,27H,9H2,(H,21,26,28). The second-order valence-corrected chi connectivity index (χ2v) is 6.75. The Morgan fingerprint density at radius 2 is 1.86 bits per heavy atom. The van der Waals surface area contributed by atoms with Crippen LogP contribution in [0.15, 0.2) is 63.2 Å². The van der Waals surface area contributed by atoms with E-state index in [1.807, 2.05) is 6.07 Å². The zero-order valence-corrected chi connectivity index (χ0v) is 15.1. The molecule has 142 valence electrons. The van der Waals surface area contributed by atoms with Crippen LogP contribution in [0.25, 0.3) is 5.69 Å². The summed E-state index contributed by atoms with van der Waals surface area (Å²) >= 11 is 5.87. The van der Waals surface area contributed by atoms with Gasteiger partial charge in [0.05, 0.1) is 17.4 Å². The molecule has 0 bridgehead atoms. The van der Waals surface area contributed by atoms with Crippen LogP contribution in [0.1, 0.15) is 23.6 Å². The van der Waals surface area contributed by atoms with Crippen molar-refractivity contribution in [1.29, 1.82) is 0 Å². The third-order valence-corrected chi connectivity index (χ3v) is 4.74. The van der Waals surface area contributed by atoms with Crippen molar-refractivity contribution in [2.45, 2.75) is 12.5 Å². The number of phenolic OH excluding ortho intramolecular Hbond substituents is 1. The summed E-state index contributed by atoms with van der Waals surface area (Å²) < 4.78 is 0.983. The number of aromatic hydroxyl groups is 2. The molecule has 9 heteroatoms. The Kier molecular flexibility index (Phi) is 4.40. The zero-order chi connectivity index (χ0) is 19.8. The highest BCUT2D eigenvalue weighted by molar-refractivity contribution is 6.30. The average Bonchev–Trinajstić information content (AvgIpc) is 3.12. The lowest BCUT2D eigenvalue weighted by Crippen LogP contribution is -2.33. The SMILES string of the molecule is O=c1[nH]c(=O)n(-c2ccc(Cl)cc2)c(O)c1C1=NNC(c2cccc(O)c2)C1. The maximum atomic E-state index is 12.4. The molecule has 0 saturated carbocycles. The molecule has 0 aliphatic carbocycles. The number of aromatic nitrogens is 2. The lowest BCUT2D eigenvalue weighted by Gasteiger charge is -2.12. The number of hydrogen-bond donors (Lipinski definition) is 4. The monoisotopic (exact) mass is 398 g/mol. The molecule has 1 aromatic heterocycles. The van der Waals surface area contributed by atoms with E-state index < -0.39 is 17.1 Å². The Labute approximate surface area is 163 Å². The van der Waals surface area contributed by atoms with Crippen LogP contribution in [0, 0.1) is 0 Å². The number of H-pyrrole nitrogens is 1. The minimum atomic E-state index is -0.773. The van der Waals surface area contributed by atoms with Crippen LogP contribution in [0.3, 0.4) is 0 Å². The fourth-order valence-electron chi connectivity index (χ4n) is 3.15. The van der Waals surface area contributed by atoms with Crippen LogP contribution in [0.5, 0.6) is 11.6 Å². The number of aromatic amines is 1. The van der Waals surface area contributed by atoms with Gasteiger partial charge in [0.2, 0.25) is 5.88 Å². The lowest BCUT2D eigenvalue weighted by atomic mass is 10.00. The van der Waals surface area contributed by atoms with Crippen molar-refractivity contribution in [1.82, 2.24) is 15.0 Å². The highest BCUT2D eigenvalue weighted by Gasteiger charge is 2.27. The molecule has 3 aromatic rings. The number of nitrogens with zero attached hydrogens (tertiary/aromatic N) is 2. The van der Waals surface area contributed by atoms with E-state index in [1.54, 1.807) is 42.5 Å². The lowest BCUT2D eigenvalue weighted by molar-refractivity contribution is 0.429. The molecule has 2 heterocycles. The first-order valence-corrected chi connectivity index (χ1v) is 8.77. The summed E-state index contributed by atoms with van der Waals surface area (Å²) in [7, 11) is 0. The summed E-state index contributed by atoms with van der Waals surface area (Å²) in [5, 5.41) is 25.0. The van der Waals surface area contributed by atoms with Crippen molar-refractivity contribution < 1.29 is 10.2 Å². The first-order chi connectivity index (χ1) is 13.4. The first kappa shape index (κ1) is 17.9. The Morgan fingerprint density at radius 1 is 1.11 bits per heavy atom. The maximum Gasteiger partial charge on any atom is 0.335 e. The highest BCUT2D eigenvalue weighted by atomic mass is 35.5. The number of hydrazone groups is 1. The predicted octanol–water partition coefficient (Wildman–Crippen LogP) is 2.03. The van der Waals surface area contributed by atoms with Gasteiger partial charge in [0, 0.05) is 11.4 Å². The molecular weight excluding hydrogens is 384 g/mol. The molecule has 1 aliphatic heterocycles. The summed E-state index contributed by atoms with van der Waals surface area (Å²) in [4.78, 5) is 26.9. The molecule has 0 spiro atoms. The Hall–Kier alpha value is -3.52. The second-order valence-electron chi connectivity index (χ2n) is 6.31. The van der Waals surface area contributed by atoms with Gasteiger partial charge in [-0.25, -0.2) is 9.36 Å². The molecule has 0 radical (unpaired) electrons. The van der Waals surface area contributed by atoms with Gasteiger partial charge in [-0.1, -0.05) is 23.7 Å². The summed E-state index contributed by atoms with van der Waals surface area (Å²) in [5.74, 6) is -0.391. The van der Waals surface area contributed by atoms with Crippen molar-refractivity contribution in [2.24, 2.45) is 5.10 Å². The Balaban J connectivity index is 1.75. The zero-order valence-electron chi connectivity index (χ0n) is 14.4. The molecule has 1 atom stereocenters. The van der Waals surface area contributed by atoms with Crippen LogP contribution in [-0.4, -0.2) is 25.5 Å². The van der Waals surface area contributed by atoms with Crippen LogP contribution in [0.4, 0.5) is 0 Å². The number of benzene rings is 2. The van der Waals surface area contributed by atoms with E-state index in [4.69, 9.17) is 11.6 Å². The number of hydrogen-bond acceptors (Lipinski definition) is 6. The summed E-state index contributed by atoms with van der Waals surface area (Å²) in [6, 6.07) is 12.6. The fraction of sp³-hybridized carbons (Fsp3) is 0.105. The molecule has 4 rings (SSSR count). The van der Waals surface area contributed by atoms with Gasteiger partial charge in [-0.2, -0.15) is 5.10 Å². The van der Waals surface area contributed by atoms with Crippen molar-refractivity contribution in [3.8, 4) is 17.3 Å². The van der Waals surface area contributed by atoms with E-state index in [0.29, 0.717) is 22.8 Å². The van der Waals surface area contributed by atoms with Crippen LogP contribution in [0.2, 0.25) is 5.02 Å². The Bertz CT molecular complexity index is 1200. The van der Waals surface area contributed by atoms with Gasteiger partial charge < -0.3 is 15.6 Å². The Morgan fingerprint density at radius 3 is 2.57 bits per heavy atom. The van der Waals surface area contributed by atoms with Gasteiger partial charge in [0.15, 0.2) is 0 Å². The number of nitrogens with one attached hydrogen (secondary N) is 2. The van der Waals surface area contributed by atoms with E-state index in [0.717, 1.165) is 10.1 Å². The summed E-state index contributed by atoms with van der Waals surface area (Å²) in [6.07, 6.45) is 0.291. The molecule has 0 amide bonds. The van der Waals surface area contributed by atoms with Gasteiger partial charge >= 0.3 is 5.69 Å². The molecule has 0 fully saturated rings. The molecule has 28 heavy (non-hydrogen) atoms. The van der Waals surface area contributed by atoms with Gasteiger partial charge in [0.1, 0.15) is 11.3 Å². The van der Waals surface area contributed by atoms with Crippen molar-refractivity contribution in [3.05, 3.63) is 85.5 Å². The van der Waals surface area contributed by atoms with Crippen molar-refractivity contribution >= 4 is 17.3 Å².